The average Bonchev–Trinajstić information content (AvgIpc) is 3.05. The molecule has 0 atom stereocenters. The van der Waals surface area contributed by atoms with Crippen molar-refractivity contribution in [1.29, 1.82) is 0 Å². The summed E-state index contributed by atoms with van der Waals surface area (Å²) in [6, 6.07) is 7.70. The van der Waals surface area contributed by atoms with E-state index in [4.69, 9.17) is 4.74 Å². The quantitative estimate of drug-likeness (QED) is 0.705. The van der Waals surface area contributed by atoms with Gasteiger partial charge >= 0.3 is 0 Å². The Hall–Kier alpha value is -3.20. The first-order chi connectivity index (χ1) is 12.5. The number of carbonyl (C=O) groups is 1. The van der Waals surface area contributed by atoms with Gasteiger partial charge in [-0.3, -0.25) is 9.59 Å². The van der Waals surface area contributed by atoms with Crippen LogP contribution in [0, 0.1) is 6.92 Å². The number of aromatic nitrogens is 3. The summed E-state index contributed by atoms with van der Waals surface area (Å²) in [6.45, 7) is 2.06. The van der Waals surface area contributed by atoms with Gasteiger partial charge < -0.3 is 15.2 Å². The standard InChI is InChI=1S/C17H16N4O4S/c1-10-19-11(9-26-10)8-18-17(24)16-13(22)7-15(23)21(20-16)12-5-3-4-6-14(12)25-2/h3-7,9,22H,8H2,1-2H3,(H,18,24). The van der Waals surface area contributed by atoms with Crippen LogP contribution in [0.5, 0.6) is 11.5 Å². The molecule has 0 saturated heterocycles. The molecule has 0 fully saturated rings. The summed E-state index contributed by atoms with van der Waals surface area (Å²) < 4.78 is 6.24. The number of hydrogen-bond donors (Lipinski definition) is 2. The van der Waals surface area contributed by atoms with E-state index in [-0.39, 0.29) is 12.2 Å². The van der Waals surface area contributed by atoms with Crippen LogP contribution >= 0.6 is 11.3 Å². The number of aryl methyl sites for hydroxylation is 1. The second-order valence-electron chi connectivity index (χ2n) is 5.34. The fourth-order valence-corrected chi connectivity index (χ4v) is 2.94. The van der Waals surface area contributed by atoms with Crippen molar-refractivity contribution in [2.45, 2.75) is 13.5 Å². The van der Waals surface area contributed by atoms with E-state index in [1.54, 1.807) is 24.3 Å². The highest BCUT2D eigenvalue weighted by atomic mass is 32.1. The van der Waals surface area contributed by atoms with Crippen molar-refractivity contribution in [3.63, 3.8) is 0 Å². The van der Waals surface area contributed by atoms with Crippen LogP contribution in [0.3, 0.4) is 0 Å². The zero-order valence-corrected chi connectivity index (χ0v) is 14.9. The highest BCUT2D eigenvalue weighted by Gasteiger charge is 2.18. The number of methoxy groups -OCH3 is 1. The molecular formula is C17H16N4O4S. The van der Waals surface area contributed by atoms with Gasteiger partial charge in [0, 0.05) is 11.4 Å². The number of hydrogen-bond acceptors (Lipinski definition) is 7. The van der Waals surface area contributed by atoms with E-state index in [2.05, 4.69) is 15.4 Å². The van der Waals surface area contributed by atoms with Gasteiger partial charge in [0.25, 0.3) is 11.5 Å². The molecule has 0 spiro atoms. The van der Waals surface area contributed by atoms with E-state index < -0.39 is 17.2 Å². The van der Waals surface area contributed by atoms with E-state index in [1.807, 2.05) is 12.3 Å². The molecule has 0 radical (unpaired) electrons. The zero-order chi connectivity index (χ0) is 18.7. The Kier molecular flexibility index (Phi) is 4.99. The highest BCUT2D eigenvalue weighted by Crippen LogP contribution is 2.21. The van der Waals surface area contributed by atoms with E-state index in [9.17, 15) is 14.7 Å². The number of amides is 1. The summed E-state index contributed by atoms with van der Waals surface area (Å²) in [5.74, 6) is -0.693. The molecule has 0 aliphatic rings. The lowest BCUT2D eigenvalue weighted by Gasteiger charge is -2.11. The minimum Gasteiger partial charge on any atom is -0.505 e. The second-order valence-corrected chi connectivity index (χ2v) is 6.40. The first-order valence-corrected chi connectivity index (χ1v) is 8.53. The third-order valence-electron chi connectivity index (χ3n) is 3.54. The van der Waals surface area contributed by atoms with Crippen LogP contribution in [-0.2, 0) is 6.54 Å². The van der Waals surface area contributed by atoms with E-state index in [1.165, 1.54) is 18.4 Å². The van der Waals surface area contributed by atoms with Crippen LogP contribution in [0.2, 0.25) is 0 Å². The van der Waals surface area contributed by atoms with Gasteiger partial charge in [-0.15, -0.1) is 11.3 Å². The Morgan fingerprint density at radius 2 is 2.15 bits per heavy atom. The molecule has 3 aromatic rings. The first-order valence-electron chi connectivity index (χ1n) is 7.65. The highest BCUT2D eigenvalue weighted by molar-refractivity contribution is 7.09. The van der Waals surface area contributed by atoms with Crippen LogP contribution in [0.4, 0.5) is 0 Å². The molecule has 8 nitrogen and oxygen atoms in total. The van der Waals surface area contributed by atoms with Crippen molar-refractivity contribution in [1.82, 2.24) is 20.1 Å². The molecule has 0 saturated carbocycles. The van der Waals surface area contributed by atoms with E-state index in [0.29, 0.717) is 17.1 Å². The summed E-state index contributed by atoms with van der Waals surface area (Å²) in [4.78, 5) is 28.9. The molecule has 9 heteroatoms. The number of carbonyl (C=O) groups excluding carboxylic acids is 1. The molecule has 1 amide bonds. The zero-order valence-electron chi connectivity index (χ0n) is 14.1. The maximum Gasteiger partial charge on any atom is 0.275 e. The molecule has 2 N–H and O–H groups in total. The van der Waals surface area contributed by atoms with Gasteiger partial charge in [-0.05, 0) is 19.1 Å². The summed E-state index contributed by atoms with van der Waals surface area (Å²) in [6.07, 6.45) is 0. The Bertz CT molecular complexity index is 1010. The molecule has 0 bridgehead atoms. The predicted molar refractivity (Wildman–Crippen MR) is 96.1 cm³/mol. The van der Waals surface area contributed by atoms with Crippen LogP contribution in [-0.4, -0.2) is 32.9 Å². The van der Waals surface area contributed by atoms with E-state index >= 15 is 0 Å². The summed E-state index contributed by atoms with van der Waals surface area (Å²) >= 11 is 1.47. The minimum atomic E-state index is -0.614. The van der Waals surface area contributed by atoms with Crippen molar-refractivity contribution in [2.24, 2.45) is 0 Å². The molecule has 0 unspecified atom stereocenters. The average molecular weight is 372 g/mol. The first kappa shape index (κ1) is 17.6. The number of ether oxygens (including phenoxy) is 1. The molecule has 1 aromatic carbocycles. The SMILES string of the molecule is COc1ccccc1-n1nc(C(=O)NCc2csc(C)n2)c(O)cc1=O. The van der Waals surface area contributed by atoms with Gasteiger partial charge in [0.1, 0.15) is 11.4 Å². The van der Waals surface area contributed by atoms with Gasteiger partial charge in [-0.2, -0.15) is 9.78 Å². The van der Waals surface area contributed by atoms with Crippen molar-refractivity contribution in [3.8, 4) is 17.2 Å². The van der Waals surface area contributed by atoms with Crippen molar-refractivity contribution in [2.75, 3.05) is 7.11 Å². The second kappa shape index (κ2) is 7.36. The summed E-state index contributed by atoms with van der Waals surface area (Å²) in [5.41, 5.74) is 0.226. The number of para-hydroxylation sites is 2. The fourth-order valence-electron chi connectivity index (χ4n) is 2.33. The lowest BCUT2D eigenvalue weighted by molar-refractivity contribution is 0.0940. The maximum atomic E-state index is 12.4. The number of thiazole rings is 1. The van der Waals surface area contributed by atoms with Crippen LogP contribution < -0.4 is 15.6 Å². The maximum absolute atomic E-state index is 12.4. The molecule has 26 heavy (non-hydrogen) atoms. The van der Waals surface area contributed by atoms with Crippen LogP contribution in [0.1, 0.15) is 21.2 Å². The van der Waals surface area contributed by atoms with Crippen molar-refractivity contribution in [3.05, 3.63) is 62.5 Å². The topological polar surface area (TPSA) is 106 Å². The van der Waals surface area contributed by atoms with Crippen molar-refractivity contribution < 1.29 is 14.6 Å². The number of nitrogens with one attached hydrogen (secondary N) is 1. The third-order valence-corrected chi connectivity index (χ3v) is 4.36. The molecule has 3 rings (SSSR count). The number of nitrogens with zero attached hydrogens (tertiary/aromatic N) is 3. The predicted octanol–water partition coefficient (Wildman–Crippen LogP) is 1.64. The van der Waals surface area contributed by atoms with Gasteiger partial charge in [-0.25, -0.2) is 4.98 Å². The number of aromatic hydroxyl groups is 1. The van der Waals surface area contributed by atoms with Gasteiger partial charge in [0.2, 0.25) is 0 Å². The van der Waals surface area contributed by atoms with Crippen molar-refractivity contribution >= 4 is 17.2 Å². The molecule has 2 heterocycles. The lowest BCUT2D eigenvalue weighted by atomic mass is 10.3. The summed E-state index contributed by atoms with van der Waals surface area (Å²) in [5, 5.41) is 19.3. The van der Waals surface area contributed by atoms with Gasteiger partial charge in [0.15, 0.2) is 11.4 Å². The largest absolute Gasteiger partial charge is 0.505 e. The monoisotopic (exact) mass is 372 g/mol. The molecule has 0 aliphatic heterocycles. The Morgan fingerprint density at radius 3 is 2.85 bits per heavy atom. The number of benzene rings is 1. The molecule has 134 valence electrons. The number of rotatable bonds is 5. The Morgan fingerprint density at radius 1 is 1.38 bits per heavy atom. The Balaban J connectivity index is 1.92. The molecular weight excluding hydrogens is 356 g/mol. The molecule has 0 aliphatic carbocycles. The molecule has 2 aromatic heterocycles. The summed E-state index contributed by atoms with van der Waals surface area (Å²) in [7, 11) is 1.47. The van der Waals surface area contributed by atoms with Crippen LogP contribution in [0.15, 0.2) is 40.5 Å². The Labute approximate surface area is 152 Å². The van der Waals surface area contributed by atoms with Gasteiger partial charge in [0.05, 0.1) is 24.4 Å². The third kappa shape index (κ3) is 3.57. The smallest absolute Gasteiger partial charge is 0.275 e. The normalized spacial score (nSPS) is 10.5. The minimum absolute atomic E-state index is 0.193. The lowest BCUT2D eigenvalue weighted by Crippen LogP contribution is -2.29. The van der Waals surface area contributed by atoms with Gasteiger partial charge in [-0.1, -0.05) is 12.1 Å². The fraction of sp³-hybridized carbons (Fsp3) is 0.176. The van der Waals surface area contributed by atoms with E-state index in [0.717, 1.165) is 15.8 Å². The van der Waals surface area contributed by atoms with Crippen LogP contribution in [0.25, 0.3) is 5.69 Å².